The van der Waals surface area contributed by atoms with E-state index in [4.69, 9.17) is 0 Å². The van der Waals surface area contributed by atoms with E-state index < -0.39 is 0 Å². The molecule has 66 valence electrons. The molecule has 0 bridgehead atoms. The molecule has 0 aliphatic carbocycles. The Morgan fingerprint density at radius 2 is 1.83 bits per heavy atom. The average Bonchev–Trinajstić information content (AvgIpc) is 1.92. The second-order valence-corrected chi connectivity index (χ2v) is 4.42. The van der Waals surface area contributed by atoms with Crippen LogP contribution in [0.2, 0.25) is 0 Å². The lowest BCUT2D eigenvalue weighted by molar-refractivity contribution is -0.677. The first-order chi connectivity index (χ1) is 5.41. The largest absolute Gasteiger partial charge is 0.205 e. The van der Waals surface area contributed by atoms with Gasteiger partial charge in [0, 0.05) is 19.1 Å². The molecule has 0 spiro atoms. The van der Waals surface area contributed by atoms with E-state index in [1.807, 2.05) is 0 Å². The molecule has 1 heterocycles. The minimum absolute atomic E-state index is 0.263. The molecule has 0 aromatic carbocycles. The summed E-state index contributed by atoms with van der Waals surface area (Å²) in [6, 6.07) is 4.44. The number of aryl methyl sites for hydroxylation is 2. The maximum atomic E-state index is 2.25. The van der Waals surface area contributed by atoms with Crippen molar-refractivity contribution in [1.82, 2.24) is 0 Å². The number of rotatable bonds is 0. The summed E-state index contributed by atoms with van der Waals surface area (Å²) in [6.07, 6.45) is 2.12. The molecule has 12 heavy (non-hydrogen) atoms. The van der Waals surface area contributed by atoms with Crippen LogP contribution in [0.1, 0.15) is 32.0 Å². The molecule has 0 unspecified atom stereocenters. The van der Waals surface area contributed by atoms with Crippen molar-refractivity contribution in [3.63, 3.8) is 0 Å². The van der Waals surface area contributed by atoms with Crippen LogP contribution in [0.5, 0.6) is 0 Å². The minimum Gasteiger partial charge on any atom is -0.205 e. The fourth-order valence-corrected chi connectivity index (χ4v) is 1.15. The summed E-state index contributed by atoms with van der Waals surface area (Å²) in [5, 5.41) is 0. The number of hydrogen-bond donors (Lipinski definition) is 0. The van der Waals surface area contributed by atoms with Gasteiger partial charge in [-0.2, -0.15) is 0 Å². The third-order valence-corrected chi connectivity index (χ3v) is 2.26. The van der Waals surface area contributed by atoms with Crippen molar-refractivity contribution in [3.8, 4) is 0 Å². The predicted molar refractivity (Wildman–Crippen MR) is 51.1 cm³/mol. The van der Waals surface area contributed by atoms with Crippen LogP contribution in [-0.4, -0.2) is 0 Å². The van der Waals surface area contributed by atoms with Gasteiger partial charge in [0.25, 0.3) is 0 Å². The lowest BCUT2D eigenvalue weighted by Gasteiger charge is -2.18. The van der Waals surface area contributed by atoms with Gasteiger partial charge in [0.1, 0.15) is 7.05 Å². The quantitative estimate of drug-likeness (QED) is 0.517. The standard InChI is InChI=1S/C11H18N/c1-9-8-10(11(2,3)4)6-7-12(9)5/h6-8H,1-5H3/q+1. The van der Waals surface area contributed by atoms with Crippen molar-refractivity contribution in [1.29, 1.82) is 0 Å². The minimum atomic E-state index is 0.263. The van der Waals surface area contributed by atoms with Gasteiger partial charge in [0.05, 0.1) is 0 Å². The van der Waals surface area contributed by atoms with E-state index in [-0.39, 0.29) is 5.41 Å². The number of aromatic nitrogens is 1. The molecule has 0 fully saturated rings. The Morgan fingerprint density at radius 1 is 1.25 bits per heavy atom. The van der Waals surface area contributed by atoms with Gasteiger partial charge < -0.3 is 0 Å². The molecule has 1 aromatic rings. The van der Waals surface area contributed by atoms with Crippen LogP contribution in [-0.2, 0) is 12.5 Å². The zero-order valence-corrected chi connectivity index (χ0v) is 8.68. The highest BCUT2D eigenvalue weighted by molar-refractivity contribution is 5.20. The molecular formula is C11H18N+. The zero-order valence-electron chi connectivity index (χ0n) is 8.68. The van der Waals surface area contributed by atoms with Gasteiger partial charge in [-0.05, 0) is 11.0 Å². The van der Waals surface area contributed by atoms with E-state index in [0.29, 0.717) is 0 Å². The second kappa shape index (κ2) is 2.89. The normalized spacial score (nSPS) is 11.8. The summed E-state index contributed by atoms with van der Waals surface area (Å²) < 4.78 is 2.13. The zero-order chi connectivity index (χ0) is 9.35. The van der Waals surface area contributed by atoms with Gasteiger partial charge in [0.2, 0.25) is 0 Å². The summed E-state index contributed by atoms with van der Waals surface area (Å²) in [5.74, 6) is 0. The van der Waals surface area contributed by atoms with E-state index in [1.165, 1.54) is 11.3 Å². The Morgan fingerprint density at radius 3 is 2.25 bits per heavy atom. The van der Waals surface area contributed by atoms with Crippen molar-refractivity contribution in [2.75, 3.05) is 0 Å². The summed E-state index contributed by atoms with van der Waals surface area (Å²) >= 11 is 0. The first-order valence-electron chi connectivity index (χ1n) is 4.38. The van der Waals surface area contributed by atoms with Crippen LogP contribution in [0, 0.1) is 6.92 Å². The van der Waals surface area contributed by atoms with Crippen LogP contribution < -0.4 is 4.57 Å². The van der Waals surface area contributed by atoms with Gasteiger partial charge in [-0.25, -0.2) is 4.57 Å². The molecule has 0 N–H and O–H groups in total. The Hall–Kier alpha value is -0.850. The van der Waals surface area contributed by atoms with Gasteiger partial charge in [-0.3, -0.25) is 0 Å². The molecule has 1 heteroatoms. The van der Waals surface area contributed by atoms with E-state index in [1.54, 1.807) is 0 Å². The maximum Gasteiger partial charge on any atom is 0.178 e. The Balaban J connectivity index is 3.14. The van der Waals surface area contributed by atoms with Gasteiger partial charge in [-0.15, -0.1) is 0 Å². The lowest BCUT2D eigenvalue weighted by Crippen LogP contribution is -2.32. The molecule has 0 saturated carbocycles. The SMILES string of the molecule is Cc1cc(C(C)(C)C)cc[n+]1C. The molecule has 1 nitrogen and oxygen atoms in total. The predicted octanol–water partition coefficient (Wildman–Crippen LogP) is 2.12. The summed E-state index contributed by atoms with van der Waals surface area (Å²) in [6.45, 7) is 8.85. The highest BCUT2D eigenvalue weighted by Crippen LogP contribution is 2.20. The molecule has 0 aliphatic heterocycles. The smallest absolute Gasteiger partial charge is 0.178 e. The first-order valence-corrected chi connectivity index (χ1v) is 4.38. The number of hydrogen-bond acceptors (Lipinski definition) is 0. The molecule has 1 rings (SSSR count). The Labute approximate surface area is 75.1 Å². The first kappa shape index (κ1) is 9.24. The van der Waals surface area contributed by atoms with E-state index in [2.05, 4.69) is 57.6 Å². The fourth-order valence-electron chi connectivity index (χ4n) is 1.15. The van der Waals surface area contributed by atoms with Crippen molar-refractivity contribution in [2.45, 2.75) is 33.1 Å². The van der Waals surface area contributed by atoms with Gasteiger partial charge >= 0.3 is 0 Å². The molecular weight excluding hydrogens is 146 g/mol. The molecule has 0 radical (unpaired) electrons. The van der Waals surface area contributed by atoms with Crippen LogP contribution in [0.3, 0.4) is 0 Å². The molecule has 0 atom stereocenters. The number of nitrogens with zero attached hydrogens (tertiary/aromatic N) is 1. The van der Waals surface area contributed by atoms with E-state index >= 15 is 0 Å². The molecule has 0 amide bonds. The van der Waals surface area contributed by atoms with Crippen LogP contribution >= 0.6 is 0 Å². The average molecular weight is 164 g/mol. The van der Waals surface area contributed by atoms with Crippen molar-refractivity contribution in [2.24, 2.45) is 7.05 Å². The second-order valence-electron chi connectivity index (χ2n) is 4.42. The lowest BCUT2D eigenvalue weighted by atomic mass is 9.87. The van der Waals surface area contributed by atoms with Crippen molar-refractivity contribution in [3.05, 3.63) is 29.6 Å². The maximum absolute atomic E-state index is 2.25. The van der Waals surface area contributed by atoms with Gasteiger partial charge in [-0.1, -0.05) is 20.8 Å². The third kappa shape index (κ3) is 1.84. The molecule has 1 aromatic heterocycles. The Bertz CT molecular complexity index is 282. The summed E-state index contributed by atoms with van der Waals surface area (Å²) in [5.41, 5.74) is 2.97. The summed E-state index contributed by atoms with van der Waals surface area (Å²) in [4.78, 5) is 0. The van der Waals surface area contributed by atoms with Crippen LogP contribution in [0.15, 0.2) is 18.3 Å². The third-order valence-electron chi connectivity index (χ3n) is 2.26. The fraction of sp³-hybridized carbons (Fsp3) is 0.545. The number of pyridine rings is 1. The van der Waals surface area contributed by atoms with Crippen molar-refractivity contribution < 1.29 is 4.57 Å². The topological polar surface area (TPSA) is 3.88 Å². The highest BCUT2D eigenvalue weighted by atomic mass is 14.9. The summed E-state index contributed by atoms with van der Waals surface area (Å²) in [7, 11) is 2.07. The van der Waals surface area contributed by atoms with E-state index in [9.17, 15) is 0 Å². The molecule has 0 saturated heterocycles. The highest BCUT2D eigenvalue weighted by Gasteiger charge is 2.15. The monoisotopic (exact) mass is 164 g/mol. The Kier molecular flexibility index (Phi) is 2.22. The van der Waals surface area contributed by atoms with Crippen LogP contribution in [0.25, 0.3) is 0 Å². The van der Waals surface area contributed by atoms with Crippen LogP contribution in [0.4, 0.5) is 0 Å². The van der Waals surface area contributed by atoms with Crippen molar-refractivity contribution >= 4 is 0 Å². The van der Waals surface area contributed by atoms with Gasteiger partial charge in [0.15, 0.2) is 11.9 Å². The molecule has 0 aliphatic rings. The van der Waals surface area contributed by atoms with E-state index in [0.717, 1.165) is 0 Å².